The molecule has 10 N–H and O–H groups in total. The smallest absolute Gasteiger partial charge is 0.326 e. The third kappa shape index (κ3) is 8.31. The van der Waals surface area contributed by atoms with Crippen molar-refractivity contribution in [3.63, 3.8) is 0 Å². The number of aromatic nitrogens is 3. The van der Waals surface area contributed by atoms with E-state index in [4.69, 9.17) is 11.5 Å². The van der Waals surface area contributed by atoms with Crippen LogP contribution < -0.4 is 27.4 Å². The van der Waals surface area contributed by atoms with Crippen molar-refractivity contribution >= 4 is 53.1 Å². The van der Waals surface area contributed by atoms with Gasteiger partial charge in [-0.3, -0.25) is 19.2 Å². The van der Waals surface area contributed by atoms with Gasteiger partial charge in [0.15, 0.2) is 0 Å². The largest absolute Gasteiger partial charge is 0.480 e. The predicted octanol–water partition coefficient (Wildman–Crippen LogP) is -1.26. The number of carboxylic acid groups (broad SMARTS) is 1. The van der Waals surface area contributed by atoms with Crippen LogP contribution in [0, 0.1) is 0 Å². The van der Waals surface area contributed by atoms with Gasteiger partial charge in [0.1, 0.15) is 18.1 Å². The number of rotatable bonds is 15. The minimum atomic E-state index is -1.32. The summed E-state index contributed by atoms with van der Waals surface area (Å²) in [6.07, 6.45) is 4.06. The Labute approximate surface area is 234 Å². The fraction of sp³-hybridized carbons (Fsp3) is 0.360. The van der Waals surface area contributed by atoms with Crippen LogP contribution in [0.5, 0.6) is 0 Å². The fourth-order valence-electron chi connectivity index (χ4n) is 4.01. The Balaban J connectivity index is 1.86. The van der Waals surface area contributed by atoms with Gasteiger partial charge in [-0.05, 0) is 18.1 Å². The molecule has 214 valence electrons. The summed E-state index contributed by atoms with van der Waals surface area (Å²) in [5, 5.41) is 18.1. The van der Waals surface area contributed by atoms with Crippen LogP contribution in [-0.4, -0.2) is 79.6 Å². The van der Waals surface area contributed by atoms with Crippen LogP contribution in [0.15, 0.2) is 43.0 Å². The maximum atomic E-state index is 13.4. The standard InChI is InChI=1S/C25H32N8O6S/c26-16(11-40)22(35)31-18(5-6-21(27)34)23(36)32-19(7-13-9-29-17-4-2-1-3-15(13)17)24(37)33-20(25(38)39)8-14-10-28-12-30-14/h1-4,9-10,12,16,18-20,29,40H,5-8,11,26H2,(H2,27,34)(H,28,30)(H,31,35)(H,32,36)(H,33,37)(H,38,39). The van der Waals surface area contributed by atoms with Gasteiger partial charge in [0.25, 0.3) is 0 Å². The van der Waals surface area contributed by atoms with Crippen LogP contribution in [0.4, 0.5) is 0 Å². The molecule has 1 aromatic carbocycles. The summed E-state index contributed by atoms with van der Waals surface area (Å²) in [7, 11) is 0. The molecule has 3 rings (SSSR count). The molecule has 0 saturated heterocycles. The van der Waals surface area contributed by atoms with E-state index in [0.29, 0.717) is 11.3 Å². The predicted molar refractivity (Wildman–Crippen MR) is 148 cm³/mol. The van der Waals surface area contributed by atoms with Crippen LogP contribution in [0.25, 0.3) is 10.9 Å². The van der Waals surface area contributed by atoms with Crippen molar-refractivity contribution < 1.29 is 29.1 Å². The molecule has 0 radical (unpaired) electrons. The number of imidazole rings is 1. The van der Waals surface area contributed by atoms with Gasteiger partial charge in [-0.1, -0.05) is 18.2 Å². The number of nitrogens with one attached hydrogen (secondary N) is 5. The Kier molecular flexibility index (Phi) is 10.7. The molecule has 0 fully saturated rings. The summed E-state index contributed by atoms with van der Waals surface area (Å²) >= 11 is 3.98. The number of nitrogens with two attached hydrogens (primary N) is 2. The first-order valence-electron chi connectivity index (χ1n) is 12.4. The summed E-state index contributed by atoms with van der Waals surface area (Å²) in [4.78, 5) is 72.2. The van der Waals surface area contributed by atoms with E-state index in [-0.39, 0.29) is 31.4 Å². The number of carboxylic acids is 1. The summed E-state index contributed by atoms with van der Waals surface area (Å²) in [5.74, 6) is -4.19. The molecule has 2 heterocycles. The van der Waals surface area contributed by atoms with E-state index in [1.807, 2.05) is 24.3 Å². The molecule has 0 spiro atoms. The highest BCUT2D eigenvalue weighted by Gasteiger charge is 2.31. The molecular formula is C25H32N8O6S. The molecule has 0 aliphatic carbocycles. The second-order valence-corrected chi connectivity index (χ2v) is 9.53. The Morgan fingerprint density at radius 2 is 1.62 bits per heavy atom. The molecule has 40 heavy (non-hydrogen) atoms. The summed E-state index contributed by atoms with van der Waals surface area (Å²) < 4.78 is 0. The van der Waals surface area contributed by atoms with Crippen LogP contribution in [-0.2, 0) is 36.8 Å². The lowest BCUT2D eigenvalue weighted by Gasteiger charge is -2.25. The number of para-hydroxylation sites is 1. The number of hydrogen-bond acceptors (Lipinski definition) is 8. The van der Waals surface area contributed by atoms with E-state index in [2.05, 4.69) is 43.5 Å². The highest BCUT2D eigenvalue weighted by atomic mass is 32.1. The first-order valence-corrected chi connectivity index (χ1v) is 13.0. The fourth-order valence-corrected chi connectivity index (χ4v) is 4.17. The molecule has 3 aromatic rings. The van der Waals surface area contributed by atoms with Gasteiger partial charge >= 0.3 is 5.97 Å². The molecular weight excluding hydrogens is 540 g/mol. The minimum absolute atomic E-state index is 0.00843. The van der Waals surface area contributed by atoms with Crippen molar-refractivity contribution in [1.82, 2.24) is 30.9 Å². The third-order valence-corrected chi connectivity index (χ3v) is 6.56. The number of nitrogens with zero attached hydrogens (tertiary/aromatic N) is 1. The van der Waals surface area contributed by atoms with Gasteiger partial charge in [0.2, 0.25) is 23.6 Å². The zero-order chi connectivity index (χ0) is 29.2. The van der Waals surface area contributed by atoms with Crippen molar-refractivity contribution in [2.45, 2.75) is 49.9 Å². The Morgan fingerprint density at radius 3 is 2.27 bits per heavy atom. The van der Waals surface area contributed by atoms with Gasteiger partial charge in [-0.15, -0.1) is 0 Å². The Morgan fingerprint density at radius 1 is 0.950 bits per heavy atom. The maximum absolute atomic E-state index is 13.4. The van der Waals surface area contributed by atoms with Crippen LogP contribution in [0.3, 0.4) is 0 Å². The molecule has 15 heteroatoms. The van der Waals surface area contributed by atoms with Gasteiger partial charge in [0.05, 0.1) is 12.4 Å². The minimum Gasteiger partial charge on any atom is -0.480 e. The average molecular weight is 573 g/mol. The Hall–Kier alpha value is -4.37. The van der Waals surface area contributed by atoms with Crippen molar-refractivity contribution in [3.8, 4) is 0 Å². The number of aliphatic carboxylic acids is 1. The van der Waals surface area contributed by atoms with Crippen molar-refractivity contribution in [2.24, 2.45) is 11.5 Å². The number of amides is 4. The van der Waals surface area contributed by atoms with Crippen LogP contribution >= 0.6 is 12.6 Å². The molecule has 0 bridgehead atoms. The number of fused-ring (bicyclic) bond motifs is 1. The number of H-pyrrole nitrogens is 2. The lowest BCUT2D eigenvalue weighted by atomic mass is 10.0. The molecule has 0 saturated carbocycles. The summed E-state index contributed by atoms with van der Waals surface area (Å²) in [5.41, 5.74) is 12.9. The van der Waals surface area contributed by atoms with E-state index in [1.165, 1.54) is 12.5 Å². The molecule has 2 aromatic heterocycles. The van der Waals surface area contributed by atoms with E-state index in [9.17, 15) is 29.1 Å². The van der Waals surface area contributed by atoms with Crippen molar-refractivity contribution in [2.75, 3.05) is 5.75 Å². The van der Waals surface area contributed by atoms with E-state index in [1.54, 1.807) is 6.20 Å². The average Bonchev–Trinajstić information content (AvgIpc) is 3.59. The van der Waals surface area contributed by atoms with E-state index >= 15 is 0 Å². The molecule has 0 aliphatic heterocycles. The van der Waals surface area contributed by atoms with Crippen LogP contribution in [0.2, 0.25) is 0 Å². The molecule has 4 atom stereocenters. The highest BCUT2D eigenvalue weighted by Crippen LogP contribution is 2.19. The Bertz CT molecular complexity index is 1340. The maximum Gasteiger partial charge on any atom is 0.326 e. The van der Waals surface area contributed by atoms with Gasteiger partial charge in [0, 0.05) is 54.0 Å². The zero-order valence-electron chi connectivity index (χ0n) is 21.4. The SMILES string of the molecule is NC(=O)CCC(NC(=O)C(N)CS)C(=O)NC(Cc1c[nH]c2ccccc12)C(=O)NC(Cc1cnc[nH]1)C(=O)O. The molecule has 4 unspecified atom stereocenters. The number of aromatic amines is 2. The molecule has 4 amide bonds. The number of carbonyl (C=O) groups is 5. The topological polar surface area (TPSA) is 238 Å². The number of benzene rings is 1. The quantitative estimate of drug-likeness (QED) is 0.0993. The first-order chi connectivity index (χ1) is 19.1. The second kappa shape index (κ2) is 14.1. The highest BCUT2D eigenvalue weighted by molar-refractivity contribution is 7.80. The monoisotopic (exact) mass is 572 g/mol. The van der Waals surface area contributed by atoms with Gasteiger partial charge in [-0.25, -0.2) is 9.78 Å². The lowest BCUT2D eigenvalue weighted by molar-refractivity contribution is -0.142. The molecule has 0 aliphatic rings. The number of thiol groups is 1. The zero-order valence-corrected chi connectivity index (χ0v) is 22.3. The summed E-state index contributed by atoms with van der Waals surface area (Å²) in [6.45, 7) is 0. The van der Waals surface area contributed by atoms with E-state index in [0.717, 1.165) is 10.9 Å². The van der Waals surface area contributed by atoms with Crippen molar-refractivity contribution in [1.29, 1.82) is 0 Å². The number of hydrogen-bond donors (Lipinski definition) is 9. The normalized spacial score (nSPS) is 14.1. The van der Waals surface area contributed by atoms with Gasteiger partial charge < -0.3 is 42.5 Å². The molecule has 14 nitrogen and oxygen atoms in total. The lowest BCUT2D eigenvalue weighted by Crippen LogP contribution is -2.58. The first kappa shape index (κ1) is 30.2. The van der Waals surface area contributed by atoms with Crippen LogP contribution in [0.1, 0.15) is 24.1 Å². The number of primary amides is 1. The third-order valence-electron chi connectivity index (χ3n) is 6.17. The van der Waals surface area contributed by atoms with Gasteiger partial charge in [-0.2, -0.15) is 12.6 Å². The van der Waals surface area contributed by atoms with Crippen molar-refractivity contribution in [3.05, 3.63) is 54.2 Å². The summed E-state index contributed by atoms with van der Waals surface area (Å²) in [6, 6.07) is 2.50. The second-order valence-electron chi connectivity index (χ2n) is 9.16. The van der Waals surface area contributed by atoms with E-state index < -0.39 is 53.8 Å². The number of carbonyl (C=O) groups excluding carboxylic acids is 4.